The number of hydrogen-bond acceptors (Lipinski definition) is 3. The average Bonchev–Trinajstić information content (AvgIpc) is 2.54. The molecule has 4 nitrogen and oxygen atoms in total. The van der Waals surface area contributed by atoms with E-state index in [1.807, 2.05) is 37.3 Å². The Morgan fingerprint density at radius 3 is 2.43 bits per heavy atom. The molecule has 0 aliphatic heterocycles. The van der Waals surface area contributed by atoms with E-state index in [1.54, 1.807) is 18.2 Å². The Balaban J connectivity index is 2.26. The minimum Gasteiger partial charge on any atom is -0.329 e. The lowest BCUT2D eigenvalue weighted by Crippen LogP contribution is -2.37. The van der Waals surface area contributed by atoms with Crippen molar-refractivity contribution in [1.82, 2.24) is 4.31 Å². The summed E-state index contributed by atoms with van der Waals surface area (Å²) < 4.78 is 27.2. The summed E-state index contributed by atoms with van der Waals surface area (Å²) in [6, 6.07) is 14.8. The van der Waals surface area contributed by atoms with Crippen LogP contribution in [0.25, 0.3) is 0 Å². The summed E-state index contributed by atoms with van der Waals surface area (Å²) in [5.41, 5.74) is 7.54. The van der Waals surface area contributed by atoms with Gasteiger partial charge in [-0.2, -0.15) is 4.31 Å². The molecule has 0 amide bonds. The van der Waals surface area contributed by atoms with Crippen LogP contribution in [0, 0.1) is 6.92 Å². The van der Waals surface area contributed by atoms with Crippen LogP contribution in [-0.2, 0) is 16.4 Å². The molecule has 23 heavy (non-hydrogen) atoms. The predicted molar refractivity (Wildman–Crippen MR) is 94.1 cm³/mol. The average molecular weight is 353 g/mol. The van der Waals surface area contributed by atoms with Crippen LogP contribution in [0.15, 0.2) is 53.4 Å². The molecule has 0 aliphatic rings. The smallest absolute Gasteiger partial charge is 0.244 e. The van der Waals surface area contributed by atoms with Crippen molar-refractivity contribution in [3.05, 3.63) is 64.7 Å². The topological polar surface area (TPSA) is 63.4 Å². The van der Waals surface area contributed by atoms with E-state index in [4.69, 9.17) is 17.3 Å². The van der Waals surface area contributed by atoms with Gasteiger partial charge in [-0.3, -0.25) is 0 Å². The van der Waals surface area contributed by atoms with Crippen molar-refractivity contribution in [1.29, 1.82) is 0 Å². The first-order valence-corrected chi connectivity index (χ1v) is 9.27. The van der Waals surface area contributed by atoms with Crippen molar-refractivity contribution in [2.45, 2.75) is 18.2 Å². The van der Waals surface area contributed by atoms with Gasteiger partial charge in [0.25, 0.3) is 0 Å². The monoisotopic (exact) mass is 352 g/mol. The molecule has 2 rings (SSSR count). The van der Waals surface area contributed by atoms with E-state index in [1.165, 1.54) is 4.31 Å². The quantitative estimate of drug-likeness (QED) is 0.833. The zero-order valence-electron chi connectivity index (χ0n) is 13.1. The Hall–Kier alpha value is -1.40. The van der Waals surface area contributed by atoms with Gasteiger partial charge < -0.3 is 5.73 Å². The molecule has 0 unspecified atom stereocenters. The van der Waals surface area contributed by atoms with Crippen LogP contribution in [0.4, 0.5) is 0 Å². The molecule has 0 heterocycles. The lowest BCUT2D eigenvalue weighted by atomic mass is 10.1. The molecule has 2 N–H and O–H groups in total. The number of nitrogens with zero attached hydrogens (tertiary/aromatic N) is 1. The van der Waals surface area contributed by atoms with Gasteiger partial charge >= 0.3 is 0 Å². The Kier molecular flexibility index (Phi) is 6.18. The summed E-state index contributed by atoms with van der Waals surface area (Å²) in [6.45, 7) is 2.73. The molecular formula is C17H21ClN2O2S. The summed E-state index contributed by atoms with van der Waals surface area (Å²) in [6.07, 6.45) is 0.628. The van der Waals surface area contributed by atoms with E-state index in [9.17, 15) is 8.42 Å². The maximum Gasteiger partial charge on any atom is 0.244 e. The number of rotatable bonds is 7. The fourth-order valence-corrected chi connectivity index (χ4v) is 4.36. The number of halogens is 1. The Labute approximate surface area is 142 Å². The SMILES string of the molecule is Cc1ccc(Cl)c(S(=O)(=O)N(CCN)CCc2ccccc2)c1. The molecule has 0 saturated carbocycles. The summed E-state index contributed by atoms with van der Waals surface area (Å²) in [5, 5.41) is 0.234. The molecule has 6 heteroatoms. The van der Waals surface area contributed by atoms with Crippen molar-refractivity contribution in [2.24, 2.45) is 5.73 Å². The minimum atomic E-state index is -3.67. The zero-order valence-corrected chi connectivity index (χ0v) is 14.6. The molecular weight excluding hydrogens is 332 g/mol. The Morgan fingerprint density at radius 1 is 1.09 bits per heavy atom. The van der Waals surface area contributed by atoms with Crippen LogP contribution in [-0.4, -0.2) is 32.4 Å². The highest BCUT2D eigenvalue weighted by molar-refractivity contribution is 7.89. The second kappa shape index (κ2) is 7.93. The minimum absolute atomic E-state index is 0.140. The molecule has 2 aromatic carbocycles. The van der Waals surface area contributed by atoms with Crippen LogP contribution in [0.1, 0.15) is 11.1 Å². The van der Waals surface area contributed by atoms with Crippen molar-refractivity contribution in [3.63, 3.8) is 0 Å². The van der Waals surface area contributed by atoms with E-state index in [0.29, 0.717) is 13.0 Å². The van der Waals surface area contributed by atoms with E-state index < -0.39 is 10.0 Å². The first kappa shape index (κ1) is 17.9. The maximum atomic E-state index is 12.9. The highest BCUT2D eigenvalue weighted by Crippen LogP contribution is 2.25. The molecule has 0 atom stereocenters. The van der Waals surface area contributed by atoms with Gasteiger partial charge in [-0.25, -0.2) is 8.42 Å². The summed E-state index contributed by atoms with van der Waals surface area (Å²) in [4.78, 5) is 0.140. The molecule has 0 spiro atoms. The Bertz CT molecular complexity index is 748. The highest BCUT2D eigenvalue weighted by atomic mass is 35.5. The van der Waals surface area contributed by atoms with Gasteiger partial charge in [-0.05, 0) is 36.6 Å². The largest absolute Gasteiger partial charge is 0.329 e. The van der Waals surface area contributed by atoms with Gasteiger partial charge in [0.15, 0.2) is 0 Å². The van der Waals surface area contributed by atoms with Gasteiger partial charge in [0.2, 0.25) is 10.0 Å². The van der Waals surface area contributed by atoms with Crippen LogP contribution in [0.3, 0.4) is 0 Å². The van der Waals surface area contributed by atoms with Crippen LogP contribution < -0.4 is 5.73 Å². The molecule has 0 bridgehead atoms. The third kappa shape index (κ3) is 4.54. The molecule has 0 saturated heterocycles. The third-order valence-electron chi connectivity index (χ3n) is 3.58. The second-order valence-corrected chi connectivity index (χ2v) is 7.68. The number of hydrogen-bond donors (Lipinski definition) is 1. The van der Waals surface area contributed by atoms with Crippen LogP contribution in [0.5, 0.6) is 0 Å². The maximum absolute atomic E-state index is 12.9. The van der Waals surface area contributed by atoms with Crippen molar-refractivity contribution in [2.75, 3.05) is 19.6 Å². The van der Waals surface area contributed by atoms with E-state index in [0.717, 1.165) is 11.1 Å². The first-order chi connectivity index (χ1) is 10.9. The van der Waals surface area contributed by atoms with Gasteiger partial charge in [0.05, 0.1) is 5.02 Å². The Morgan fingerprint density at radius 2 is 1.78 bits per heavy atom. The second-order valence-electron chi connectivity index (χ2n) is 5.36. The first-order valence-electron chi connectivity index (χ1n) is 7.45. The van der Waals surface area contributed by atoms with E-state index in [2.05, 4.69) is 0 Å². The van der Waals surface area contributed by atoms with E-state index >= 15 is 0 Å². The normalized spacial score (nSPS) is 11.8. The van der Waals surface area contributed by atoms with E-state index in [-0.39, 0.29) is 23.0 Å². The number of nitrogens with two attached hydrogens (primary N) is 1. The molecule has 0 radical (unpaired) electrons. The van der Waals surface area contributed by atoms with Crippen LogP contribution >= 0.6 is 11.6 Å². The van der Waals surface area contributed by atoms with Crippen molar-refractivity contribution in [3.8, 4) is 0 Å². The van der Waals surface area contributed by atoms with Gasteiger partial charge in [0.1, 0.15) is 4.90 Å². The fourth-order valence-electron chi connectivity index (χ4n) is 2.34. The molecule has 0 fully saturated rings. The third-order valence-corrected chi connectivity index (χ3v) is 5.96. The van der Waals surface area contributed by atoms with Crippen molar-refractivity contribution < 1.29 is 8.42 Å². The lowest BCUT2D eigenvalue weighted by molar-refractivity contribution is 0.421. The van der Waals surface area contributed by atoms with Crippen molar-refractivity contribution >= 4 is 21.6 Å². The summed E-state index contributed by atoms with van der Waals surface area (Å²) >= 11 is 6.11. The number of benzene rings is 2. The zero-order chi connectivity index (χ0) is 16.9. The van der Waals surface area contributed by atoms with Gasteiger partial charge in [-0.1, -0.05) is 48.0 Å². The number of aryl methyl sites for hydroxylation is 1. The summed E-state index contributed by atoms with van der Waals surface area (Å²) in [5.74, 6) is 0. The standard InChI is InChI=1S/C17H21ClN2O2S/c1-14-7-8-16(18)17(13-14)23(21,22)20(12-10-19)11-9-15-5-3-2-4-6-15/h2-8,13H,9-12,19H2,1H3. The molecule has 2 aromatic rings. The van der Waals surface area contributed by atoms with Gasteiger partial charge in [-0.15, -0.1) is 0 Å². The summed E-state index contributed by atoms with van der Waals surface area (Å²) in [7, 11) is -3.67. The lowest BCUT2D eigenvalue weighted by Gasteiger charge is -2.22. The van der Waals surface area contributed by atoms with Gasteiger partial charge in [0, 0.05) is 19.6 Å². The van der Waals surface area contributed by atoms with Crippen LogP contribution in [0.2, 0.25) is 5.02 Å². The highest BCUT2D eigenvalue weighted by Gasteiger charge is 2.26. The predicted octanol–water partition coefficient (Wildman–Crippen LogP) is 2.84. The fraction of sp³-hybridized carbons (Fsp3) is 0.294. The number of sulfonamides is 1. The molecule has 0 aliphatic carbocycles. The molecule has 0 aromatic heterocycles. The molecule has 124 valence electrons.